The number of hydrogen-bond donors (Lipinski definition) is 2. The molecule has 0 aliphatic carbocycles. The molecular formula is C14H26N2O2. The van der Waals surface area contributed by atoms with E-state index in [-0.39, 0.29) is 18.1 Å². The van der Waals surface area contributed by atoms with Gasteiger partial charge in [0.2, 0.25) is 0 Å². The van der Waals surface area contributed by atoms with Gasteiger partial charge in [-0.15, -0.1) is 0 Å². The molecule has 0 spiro atoms. The SMILES string of the molecule is CCC(=O)CCCC[C@H](C)C1NC(=O)NC1CC. The van der Waals surface area contributed by atoms with Gasteiger partial charge in [0.05, 0.1) is 12.1 Å². The second kappa shape index (κ2) is 7.39. The number of unbranched alkanes of at least 4 members (excludes halogenated alkanes) is 1. The Morgan fingerprint density at radius 2 is 2.00 bits per heavy atom. The van der Waals surface area contributed by atoms with Crippen LogP contribution in [0, 0.1) is 5.92 Å². The zero-order chi connectivity index (χ0) is 13.5. The summed E-state index contributed by atoms with van der Waals surface area (Å²) >= 11 is 0. The highest BCUT2D eigenvalue weighted by atomic mass is 16.2. The van der Waals surface area contributed by atoms with Gasteiger partial charge in [0.1, 0.15) is 5.78 Å². The van der Waals surface area contributed by atoms with E-state index in [9.17, 15) is 9.59 Å². The van der Waals surface area contributed by atoms with E-state index in [4.69, 9.17) is 0 Å². The molecular weight excluding hydrogens is 228 g/mol. The predicted octanol–water partition coefficient (Wildman–Crippen LogP) is 2.62. The smallest absolute Gasteiger partial charge is 0.315 e. The van der Waals surface area contributed by atoms with Gasteiger partial charge < -0.3 is 10.6 Å². The average Bonchev–Trinajstić information content (AvgIpc) is 2.75. The number of amides is 2. The van der Waals surface area contributed by atoms with Crippen molar-refractivity contribution in [2.75, 3.05) is 0 Å². The van der Waals surface area contributed by atoms with Crippen molar-refractivity contribution in [1.29, 1.82) is 0 Å². The van der Waals surface area contributed by atoms with Crippen LogP contribution in [0.4, 0.5) is 4.79 Å². The van der Waals surface area contributed by atoms with Gasteiger partial charge in [-0.25, -0.2) is 4.79 Å². The van der Waals surface area contributed by atoms with E-state index in [1.165, 1.54) is 0 Å². The van der Waals surface area contributed by atoms with Gasteiger partial charge in [-0.3, -0.25) is 4.79 Å². The van der Waals surface area contributed by atoms with Crippen molar-refractivity contribution in [2.45, 2.75) is 71.4 Å². The van der Waals surface area contributed by atoms with E-state index in [1.54, 1.807) is 0 Å². The van der Waals surface area contributed by atoms with E-state index in [0.717, 1.165) is 25.7 Å². The molecule has 0 aromatic rings. The average molecular weight is 254 g/mol. The van der Waals surface area contributed by atoms with Crippen LogP contribution in [0.25, 0.3) is 0 Å². The normalized spacial score (nSPS) is 24.5. The molecule has 104 valence electrons. The number of carbonyl (C=O) groups is 2. The van der Waals surface area contributed by atoms with Crippen molar-refractivity contribution in [3.8, 4) is 0 Å². The summed E-state index contributed by atoms with van der Waals surface area (Å²) in [5.41, 5.74) is 0. The third-order valence-electron chi connectivity index (χ3n) is 3.86. The number of hydrogen-bond acceptors (Lipinski definition) is 2. The minimum atomic E-state index is -0.0418. The summed E-state index contributed by atoms with van der Waals surface area (Å²) in [5.74, 6) is 0.815. The fourth-order valence-corrected chi connectivity index (χ4v) is 2.59. The van der Waals surface area contributed by atoms with E-state index in [1.807, 2.05) is 6.92 Å². The van der Waals surface area contributed by atoms with E-state index >= 15 is 0 Å². The van der Waals surface area contributed by atoms with Crippen molar-refractivity contribution < 1.29 is 9.59 Å². The molecule has 2 unspecified atom stereocenters. The third-order valence-corrected chi connectivity index (χ3v) is 3.86. The van der Waals surface area contributed by atoms with Crippen LogP contribution in [0.5, 0.6) is 0 Å². The first-order valence-electron chi connectivity index (χ1n) is 7.17. The highest BCUT2D eigenvalue weighted by Gasteiger charge is 2.33. The summed E-state index contributed by atoms with van der Waals surface area (Å²) in [6, 6.07) is 0.453. The molecule has 2 amide bonds. The standard InChI is InChI=1S/C14H26N2O2/c1-4-11(17)9-7-6-8-10(3)13-12(5-2)15-14(18)16-13/h10,12-13H,4-9H2,1-3H3,(H2,15,16,18)/t10-,12?,13?/m0/s1. The number of urea groups is 1. The highest BCUT2D eigenvalue weighted by molar-refractivity contribution is 5.78. The van der Waals surface area contributed by atoms with Gasteiger partial charge in [-0.05, 0) is 25.2 Å². The Kier molecular flexibility index (Phi) is 6.16. The Labute approximate surface area is 110 Å². The van der Waals surface area contributed by atoms with Gasteiger partial charge in [0, 0.05) is 12.8 Å². The van der Waals surface area contributed by atoms with Gasteiger partial charge in [0.25, 0.3) is 0 Å². The Balaban J connectivity index is 2.25. The fourth-order valence-electron chi connectivity index (χ4n) is 2.59. The molecule has 18 heavy (non-hydrogen) atoms. The van der Waals surface area contributed by atoms with Crippen LogP contribution in [0.3, 0.4) is 0 Å². The number of rotatable bonds is 8. The summed E-state index contributed by atoms with van der Waals surface area (Å²) in [7, 11) is 0. The topological polar surface area (TPSA) is 58.2 Å². The second-order valence-corrected chi connectivity index (χ2v) is 5.27. The molecule has 4 heteroatoms. The zero-order valence-corrected chi connectivity index (χ0v) is 11.8. The van der Waals surface area contributed by atoms with Crippen molar-refractivity contribution in [3.05, 3.63) is 0 Å². The van der Waals surface area contributed by atoms with Gasteiger partial charge in [-0.1, -0.05) is 27.2 Å². The summed E-state index contributed by atoms with van der Waals surface area (Å²) in [6.07, 6.45) is 5.42. The van der Waals surface area contributed by atoms with Crippen LogP contribution in [-0.2, 0) is 4.79 Å². The maximum Gasteiger partial charge on any atom is 0.315 e. The largest absolute Gasteiger partial charge is 0.333 e. The predicted molar refractivity (Wildman–Crippen MR) is 72.5 cm³/mol. The molecule has 1 fully saturated rings. The van der Waals surface area contributed by atoms with E-state index in [2.05, 4.69) is 24.5 Å². The minimum absolute atomic E-state index is 0.0418. The monoisotopic (exact) mass is 254 g/mol. The van der Waals surface area contributed by atoms with Crippen LogP contribution in [-0.4, -0.2) is 23.9 Å². The van der Waals surface area contributed by atoms with Crippen molar-refractivity contribution in [2.24, 2.45) is 5.92 Å². The lowest BCUT2D eigenvalue weighted by Gasteiger charge is -2.23. The lowest BCUT2D eigenvalue weighted by Crippen LogP contribution is -2.38. The molecule has 0 radical (unpaired) electrons. The highest BCUT2D eigenvalue weighted by Crippen LogP contribution is 2.20. The van der Waals surface area contributed by atoms with Crippen LogP contribution in [0.1, 0.15) is 59.3 Å². The first-order chi connectivity index (χ1) is 8.58. The molecule has 3 atom stereocenters. The quantitative estimate of drug-likeness (QED) is 0.654. The van der Waals surface area contributed by atoms with E-state index < -0.39 is 0 Å². The summed E-state index contributed by atoms with van der Waals surface area (Å²) < 4.78 is 0. The van der Waals surface area contributed by atoms with Crippen molar-refractivity contribution in [1.82, 2.24) is 10.6 Å². The lowest BCUT2D eigenvalue weighted by atomic mass is 9.90. The summed E-state index contributed by atoms with van der Waals surface area (Å²) in [4.78, 5) is 22.5. The second-order valence-electron chi connectivity index (χ2n) is 5.27. The minimum Gasteiger partial charge on any atom is -0.333 e. The molecule has 0 aromatic heterocycles. The van der Waals surface area contributed by atoms with Crippen molar-refractivity contribution in [3.63, 3.8) is 0 Å². The number of ketones is 1. The molecule has 0 bridgehead atoms. The maximum atomic E-state index is 11.3. The summed E-state index contributed by atoms with van der Waals surface area (Å²) in [5, 5.41) is 5.95. The molecule has 4 nitrogen and oxygen atoms in total. The van der Waals surface area contributed by atoms with Crippen LogP contribution >= 0.6 is 0 Å². The number of carbonyl (C=O) groups excluding carboxylic acids is 2. The Hall–Kier alpha value is -1.06. The van der Waals surface area contributed by atoms with Gasteiger partial charge in [-0.2, -0.15) is 0 Å². The van der Waals surface area contributed by atoms with Crippen LogP contribution in [0.15, 0.2) is 0 Å². The fraction of sp³-hybridized carbons (Fsp3) is 0.857. The number of nitrogens with one attached hydrogen (secondary N) is 2. The summed E-state index contributed by atoms with van der Waals surface area (Å²) in [6.45, 7) is 6.19. The maximum absolute atomic E-state index is 11.3. The Morgan fingerprint density at radius 3 is 2.61 bits per heavy atom. The molecule has 1 rings (SSSR count). The van der Waals surface area contributed by atoms with Crippen LogP contribution in [0.2, 0.25) is 0 Å². The lowest BCUT2D eigenvalue weighted by molar-refractivity contribution is -0.118. The first kappa shape index (κ1) is 15.0. The Bertz CT molecular complexity index is 292. The van der Waals surface area contributed by atoms with E-state index in [0.29, 0.717) is 24.5 Å². The number of Topliss-reactive ketones (excluding diaryl/α,β-unsaturated/α-hetero) is 1. The molecule has 1 heterocycles. The molecule has 2 N–H and O–H groups in total. The molecule has 1 aliphatic rings. The zero-order valence-electron chi connectivity index (χ0n) is 11.8. The molecule has 1 aliphatic heterocycles. The van der Waals surface area contributed by atoms with Gasteiger partial charge in [0.15, 0.2) is 0 Å². The first-order valence-corrected chi connectivity index (χ1v) is 7.17. The molecule has 1 saturated heterocycles. The van der Waals surface area contributed by atoms with Crippen LogP contribution < -0.4 is 10.6 Å². The molecule has 0 saturated carbocycles. The van der Waals surface area contributed by atoms with Gasteiger partial charge >= 0.3 is 6.03 Å². The Morgan fingerprint density at radius 1 is 1.28 bits per heavy atom. The van der Waals surface area contributed by atoms with Crippen molar-refractivity contribution >= 4 is 11.8 Å². The molecule has 0 aromatic carbocycles. The third kappa shape index (κ3) is 4.31.